The van der Waals surface area contributed by atoms with Crippen molar-refractivity contribution in [1.82, 2.24) is 9.97 Å². The summed E-state index contributed by atoms with van der Waals surface area (Å²) in [5.74, 6) is 1.94. The van der Waals surface area contributed by atoms with Crippen molar-refractivity contribution in [3.8, 4) is 22.9 Å². The normalized spacial score (nSPS) is 10.9. The Morgan fingerprint density at radius 2 is 2.05 bits per heavy atom. The van der Waals surface area contributed by atoms with E-state index in [0.29, 0.717) is 23.1 Å². The van der Waals surface area contributed by atoms with Gasteiger partial charge in [0, 0.05) is 5.56 Å². The largest absolute Gasteiger partial charge is 0.493 e. The van der Waals surface area contributed by atoms with E-state index < -0.39 is 0 Å². The lowest BCUT2D eigenvalue weighted by molar-refractivity contribution is 0.294. The van der Waals surface area contributed by atoms with Gasteiger partial charge in [-0.25, -0.2) is 4.98 Å². The topological polar surface area (TPSA) is 47.1 Å². The summed E-state index contributed by atoms with van der Waals surface area (Å²) in [4.78, 5) is 7.87. The van der Waals surface area contributed by atoms with E-state index in [2.05, 4.69) is 9.97 Å². The Hall–Kier alpha value is -2.20. The van der Waals surface area contributed by atoms with E-state index in [1.54, 1.807) is 7.11 Å². The van der Waals surface area contributed by atoms with E-state index >= 15 is 0 Å². The van der Waals surface area contributed by atoms with Gasteiger partial charge in [-0.3, -0.25) is 0 Å². The van der Waals surface area contributed by atoms with Crippen molar-refractivity contribution < 1.29 is 9.47 Å². The number of nitrogens with one attached hydrogen (secondary N) is 1. The fraction of sp³-hybridized carbons (Fsp3) is 0.235. The van der Waals surface area contributed by atoms with Gasteiger partial charge in [0.15, 0.2) is 11.5 Å². The third-order valence-electron chi connectivity index (χ3n) is 3.34. The van der Waals surface area contributed by atoms with E-state index in [9.17, 15) is 0 Å². The molecule has 0 saturated heterocycles. The van der Waals surface area contributed by atoms with Crippen molar-refractivity contribution >= 4 is 22.6 Å². The summed E-state index contributed by atoms with van der Waals surface area (Å²) >= 11 is 6.35. The predicted octanol–water partition coefficient (Wildman–Crippen LogP) is 4.68. The number of para-hydroxylation sites is 2. The zero-order chi connectivity index (χ0) is 15.5. The van der Waals surface area contributed by atoms with Gasteiger partial charge >= 0.3 is 0 Å². The molecule has 1 aromatic heterocycles. The maximum atomic E-state index is 6.35. The number of nitrogens with zero attached hydrogens (tertiary/aromatic N) is 1. The van der Waals surface area contributed by atoms with E-state index in [0.717, 1.165) is 28.8 Å². The van der Waals surface area contributed by atoms with Gasteiger partial charge in [0.25, 0.3) is 0 Å². The SMILES string of the molecule is CCCOc1c(Cl)cc(-c2nc3ccccc3[nH]2)cc1OC. The standard InChI is InChI=1S/C17H17ClN2O2/c1-3-8-22-16-12(18)9-11(10-15(16)21-2)17-19-13-6-4-5-7-14(13)20-17/h4-7,9-10H,3,8H2,1-2H3,(H,19,20). The van der Waals surface area contributed by atoms with E-state index in [4.69, 9.17) is 21.1 Å². The molecule has 0 unspecified atom stereocenters. The fourth-order valence-corrected chi connectivity index (χ4v) is 2.56. The molecular weight excluding hydrogens is 300 g/mol. The number of aromatic amines is 1. The summed E-state index contributed by atoms with van der Waals surface area (Å²) in [7, 11) is 1.60. The fourth-order valence-electron chi connectivity index (χ4n) is 2.29. The lowest BCUT2D eigenvalue weighted by Gasteiger charge is -2.13. The molecule has 0 spiro atoms. The number of H-pyrrole nitrogens is 1. The Morgan fingerprint density at radius 1 is 1.23 bits per heavy atom. The minimum absolute atomic E-state index is 0.517. The van der Waals surface area contributed by atoms with Gasteiger partial charge in [-0.05, 0) is 30.7 Å². The Kier molecular flexibility index (Phi) is 4.20. The first-order valence-electron chi connectivity index (χ1n) is 7.18. The van der Waals surface area contributed by atoms with Crippen molar-refractivity contribution in [2.24, 2.45) is 0 Å². The molecule has 0 amide bonds. The number of halogens is 1. The number of benzene rings is 2. The molecule has 1 N–H and O–H groups in total. The first-order chi connectivity index (χ1) is 10.7. The molecule has 0 aliphatic carbocycles. The highest BCUT2D eigenvalue weighted by atomic mass is 35.5. The molecule has 3 rings (SSSR count). The van der Waals surface area contributed by atoms with Crippen LogP contribution in [0, 0.1) is 0 Å². The number of ether oxygens (including phenoxy) is 2. The van der Waals surface area contributed by atoms with E-state index in [1.165, 1.54) is 0 Å². The number of rotatable bonds is 5. The van der Waals surface area contributed by atoms with Crippen LogP contribution in [-0.4, -0.2) is 23.7 Å². The zero-order valence-corrected chi connectivity index (χ0v) is 13.3. The minimum Gasteiger partial charge on any atom is -0.493 e. The van der Waals surface area contributed by atoms with Crippen LogP contribution in [0.3, 0.4) is 0 Å². The van der Waals surface area contributed by atoms with Gasteiger partial charge in [0.1, 0.15) is 5.82 Å². The minimum atomic E-state index is 0.517. The smallest absolute Gasteiger partial charge is 0.179 e. The molecule has 0 aliphatic rings. The maximum Gasteiger partial charge on any atom is 0.179 e. The van der Waals surface area contributed by atoms with Crippen molar-refractivity contribution in [1.29, 1.82) is 0 Å². The number of imidazole rings is 1. The van der Waals surface area contributed by atoms with Crippen LogP contribution in [0.4, 0.5) is 0 Å². The van der Waals surface area contributed by atoms with Crippen molar-refractivity contribution in [2.45, 2.75) is 13.3 Å². The Bertz CT molecular complexity index is 765. The van der Waals surface area contributed by atoms with E-state index in [1.807, 2.05) is 43.3 Å². The molecule has 5 heteroatoms. The number of hydrogen-bond acceptors (Lipinski definition) is 3. The van der Waals surface area contributed by atoms with Crippen molar-refractivity contribution in [3.05, 3.63) is 41.4 Å². The van der Waals surface area contributed by atoms with Gasteiger partial charge in [0.05, 0.1) is 29.8 Å². The number of methoxy groups -OCH3 is 1. The summed E-state index contributed by atoms with van der Waals surface area (Å²) < 4.78 is 11.1. The molecule has 22 heavy (non-hydrogen) atoms. The van der Waals surface area contributed by atoms with Crippen LogP contribution in [0.15, 0.2) is 36.4 Å². The second kappa shape index (κ2) is 6.28. The molecule has 3 aromatic rings. The second-order valence-electron chi connectivity index (χ2n) is 4.94. The lowest BCUT2D eigenvalue weighted by Crippen LogP contribution is -1.99. The van der Waals surface area contributed by atoms with Crippen molar-refractivity contribution in [3.63, 3.8) is 0 Å². The molecule has 0 fully saturated rings. The lowest BCUT2D eigenvalue weighted by atomic mass is 10.2. The van der Waals surface area contributed by atoms with E-state index in [-0.39, 0.29) is 0 Å². The Morgan fingerprint density at radius 3 is 2.77 bits per heavy atom. The molecule has 0 bridgehead atoms. The first kappa shape index (κ1) is 14.7. The van der Waals surface area contributed by atoms with Crippen LogP contribution >= 0.6 is 11.6 Å². The zero-order valence-electron chi connectivity index (χ0n) is 12.5. The highest BCUT2D eigenvalue weighted by molar-refractivity contribution is 6.32. The summed E-state index contributed by atoms with van der Waals surface area (Å²) in [5.41, 5.74) is 2.76. The van der Waals surface area contributed by atoms with Gasteiger partial charge in [-0.2, -0.15) is 0 Å². The van der Waals surface area contributed by atoms with Crippen LogP contribution in [0.1, 0.15) is 13.3 Å². The summed E-state index contributed by atoms with van der Waals surface area (Å²) in [5, 5.41) is 0.517. The molecule has 0 atom stereocenters. The third kappa shape index (κ3) is 2.74. The number of hydrogen-bond donors (Lipinski definition) is 1. The monoisotopic (exact) mass is 316 g/mol. The average molecular weight is 317 g/mol. The van der Waals surface area contributed by atoms with Crippen LogP contribution in [-0.2, 0) is 0 Å². The van der Waals surface area contributed by atoms with Crippen LogP contribution in [0.25, 0.3) is 22.4 Å². The van der Waals surface area contributed by atoms with Crippen LogP contribution in [0.2, 0.25) is 5.02 Å². The highest BCUT2D eigenvalue weighted by Gasteiger charge is 2.14. The Balaban J connectivity index is 2.05. The number of aromatic nitrogens is 2. The van der Waals surface area contributed by atoms with Crippen molar-refractivity contribution in [2.75, 3.05) is 13.7 Å². The van der Waals surface area contributed by atoms with Crippen LogP contribution in [0.5, 0.6) is 11.5 Å². The van der Waals surface area contributed by atoms with Gasteiger partial charge in [-0.1, -0.05) is 30.7 Å². The van der Waals surface area contributed by atoms with Crippen LogP contribution < -0.4 is 9.47 Å². The molecular formula is C17H17ClN2O2. The highest BCUT2D eigenvalue weighted by Crippen LogP contribution is 2.39. The van der Waals surface area contributed by atoms with Gasteiger partial charge in [0.2, 0.25) is 0 Å². The first-order valence-corrected chi connectivity index (χ1v) is 7.56. The second-order valence-corrected chi connectivity index (χ2v) is 5.35. The summed E-state index contributed by atoms with van der Waals surface area (Å²) in [6.45, 7) is 2.64. The summed E-state index contributed by atoms with van der Waals surface area (Å²) in [6, 6.07) is 11.6. The molecule has 0 saturated carbocycles. The molecule has 2 aromatic carbocycles. The quantitative estimate of drug-likeness (QED) is 0.743. The molecule has 4 nitrogen and oxygen atoms in total. The number of fused-ring (bicyclic) bond motifs is 1. The van der Waals surface area contributed by atoms with Gasteiger partial charge < -0.3 is 14.5 Å². The summed E-state index contributed by atoms with van der Waals surface area (Å²) in [6.07, 6.45) is 0.908. The Labute approximate surface area is 134 Å². The molecule has 0 aliphatic heterocycles. The molecule has 1 heterocycles. The predicted molar refractivity (Wildman–Crippen MR) is 88.9 cm³/mol. The molecule has 0 radical (unpaired) electrons. The van der Waals surface area contributed by atoms with Gasteiger partial charge in [-0.15, -0.1) is 0 Å². The third-order valence-corrected chi connectivity index (χ3v) is 3.62. The average Bonchev–Trinajstić information content (AvgIpc) is 2.97. The maximum absolute atomic E-state index is 6.35. The molecule has 114 valence electrons.